The van der Waals surface area contributed by atoms with Crippen LogP contribution in [0, 0.1) is 30.6 Å². The van der Waals surface area contributed by atoms with Gasteiger partial charge in [-0.05, 0) is 58.6 Å². The molecule has 12 heteroatoms. The van der Waals surface area contributed by atoms with E-state index in [4.69, 9.17) is 18.9 Å². The predicted molar refractivity (Wildman–Crippen MR) is 137 cm³/mol. The summed E-state index contributed by atoms with van der Waals surface area (Å²) in [6.07, 6.45) is 0. The number of hydrogen-bond donors (Lipinski definition) is 0. The van der Waals surface area contributed by atoms with Crippen LogP contribution in [0.25, 0.3) is 0 Å². The first kappa shape index (κ1) is 30.3. The fraction of sp³-hybridized carbons (Fsp3) is 0.556. The molecule has 11 nitrogen and oxygen atoms in total. The number of ether oxygens (including phenoxy) is 4. The second-order valence-corrected chi connectivity index (χ2v) is 11.5. The van der Waals surface area contributed by atoms with Gasteiger partial charge in [0.15, 0.2) is 5.92 Å². The number of carbonyl (C=O) groups excluding carboxylic acids is 4. The molecule has 0 N–H and O–H groups in total. The summed E-state index contributed by atoms with van der Waals surface area (Å²) < 4.78 is 49.7. The van der Waals surface area contributed by atoms with E-state index in [1.807, 2.05) is 6.92 Å². The van der Waals surface area contributed by atoms with Crippen molar-refractivity contribution in [3.05, 3.63) is 42.0 Å². The van der Waals surface area contributed by atoms with Gasteiger partial charge in [0, 0.05) is 19.0 Å². The van der Waals surface area contributed by atoms with E-state index in [1.54, 1.807) is 26.0 Å². The van der Waals surface area contributed by atoms with Crippen molar-refractivity contribution in [2.24, 2.45) is 23.7 Å². The molecule has 39 heavy (non-hydrogen) atoms. The van der Waals surface area contributed by atoms with Crippen LogP contribution in [0.15, 0.2) is 41.3 Å². The van der Waals surface area contributed by atoms with Gasteiger partial charge in [0.2, 0.25) is 10.0 Å². The summed E-state index contributed by atoms with van der Waals surface area (Å²) in [4.78, 5) is 53.4. The molecular formula is C27H35NO10S. The highest BCUT2D eigenvalue weighted by molar-refractivity contribution is 7.89. The molecule has 2 aliphatic rings. The second kappa shape index (κ2) is 11.9. The van der Waals surface area contributed by atoms with E-state index in [1.165, 1.54) is 26.0 Å². The third kappa shape index (κ3) is 5.44. The van der Waals surface area contributed by atoms with Crippen LogP contribution in [0.4, 0.5) is 0 Å². The number of benzene rings is 1. The van der Waals surface area contributed by atoms with E-state index in [-0.39, 0.29) is 31.3 Å². The van der Waals surface area contributed by atoms with Crippen molar-refractivity contribution in [3.8, 4) is 0 Å². The molecule has 0 spiro atoms. The average molecular weight is 566 g/mol. The summed E-state index contributed by atoms with van der Waals surface area (Å²) in [6, 6.07) is 6.21. The molecule has 0 aliphatic carbocycles. The Balaban J connectivity index is 2.27. The van der Waals surface area contributed by atoms with Crippen molar-refractivity contribution in [1.82, 2.24) is 4.31 Å². The molecule has 0 radical (unpaired) electrons. The van der Waals surface area contributed by atoms with E-state index < -0.39 is 69.7 Å². The second-order valence-electron chi connectivity index (χ2n) is 9.60. The molecular weight excluding hydrogens is 530 g/mol. The molecule has 214 valence electrons. The standard InChI is InChI=1S/C27H35NO10S/c1-7-35-23(29)22-21-19(16(4)5)14-28(39(33,34)18-12-10-17(6)11-13-18)15-20(21)27(38-24(22)30,25(31)36-8-2)26(32)37-9-3/h10-13,19-22H,4,7-9,14-15H2,1-3,5-6H3/t19-,20-,21-,22-/m1/s1. The normalized spacial score (nSPS) is 24.6. The summed E-state index contributed by atoms with van der Waals surface area (Å²) in [5, 5.41) is 0. The van der Waals surface area contributed by atoms with Gasteiger partial charge < -0.3 is 18.9 Å². The van der Waals surface area contributed by atoms with Gasteiger partial charge in [0.25, 0.3) is 0 Å². The van der Waals surface area contributed by atoms with Crippen molar-refractivity contribution in [2.45, 2.75) is 45.1 Å². The molecule has 3 rings (SSSR count). The van der Waals surface area contributed by atoms with Gasteiger partial charge in [-0.1, -0.05) is 29.8 Å². The summed E-state index contributed by atoms with van der Waals surface area (Å²) in [6.45, 7) is 11.1. The van der Waals surface area contributed by atoms with Crippen molar-refractivity contribution in [2.75, 3.05) is 32.9 Å². The van der Waals surface area contributed by atoms with Crippen LogP contribution in [0.3, 0.4) is 0 Å². The summed E-state index contributed by atoms with van der Waals surface area (Å²) >= 11 is 0. The fourth-order valence-corrected chi connectivity index (χ4v) is 6.82. The Kier molecular flexibility index (Phi) is 9.22. The monoisotopic (exact) mass is 565 g/mol. The Labute approximate surface area is 228 Å². The molecule has 0 amide bonds. The summed E-state index contributed by atoms with van der Waals surface area (Å²) in [5.74, 6) is -9.24. The number of aryl methyl sites for hydroxylation is 1. The smallest absolute Gasteiger partial charge is 0.362 e. The lowest BCUT2D eigenvalue weighted by atomic mass is 9.61. The van der Waals surface area contributed by atoms with E-state index in [2.05, 4.69) is 6.58 Å². The molecule has 0 unspecified atom stereocenters. The number of nitrogens with zero attached hydrogens (tertiary/aromatic N) is 1. The predicted octanol–water partition coefficient (Wildman–Crippen LogP) is 2.03. The first-order chi connectivity index (χ1) is 18.4. The SMILES string of the molecule is C=C(C)[C@H]1CN(S(=O)(=O)c2ccc(C)cc2)C[C@@H]2[C@@H]1[C@H](C(=O)OCC)C(=O)OC2(C(=O)OCC)C(=O)OCC. The average Bonchev–Trinajstić information content (AvgIpc) is 2.88. The zero-order chi connectivity index (χ0) is 29.1. The minimum atomic E-state index is -4.15. The lowest BCUT2D eigenvalue weighted by molar-refractivity contribution is -0.228. The number of sulfonamides is 1. The van der Waals surface area contributed by atoms with Crippen LogP contribution in [0.2, 0.25) is 0 Å². The Morgan fingerprint density at radius 3 is 2.03 bits per heavy atom. The fourth-order valence-electron chi connectivity index (χ4n) is 5.33. The molecule has 0 bridgehead atoms. The zero-order valence-electron chi connectivity index (χ0n) is 22.8. The third-order valence-corrected chi connectivity index (χ3v) is 8.99. The van der Waals surface area contributed by atoms with Crippen molar-refractivity contribution >= 4 is 33.9 Å². The highest BCUT2D eigenvalue weighted by Gasteiger charge is 2.70. The lowest BCUT2D eigenvalue weighted by Gasteiger charge is -2.52. The quantitative estimate of drug-likeness (QED) is 0.189. The van der Waals surface area contributed by atoms with Gasteiger partial charge >= 0.3 is 29.5 Å². The van der Waals surface area contributed by atoms with Crippen LogP contribution in [0.1, 0.15) is 33.3 Å². The molecule has 0 aromatic heterocycles. The van der Waals surface area contributed by atoms with Crippen molar-refractivity contribution < 1.29 is 46.5 Å². The third-order valence-electron chi connectivity index (χ3n) is 7.14. The van der Waals surface area contributed by atoms with E-state index in [0.717, 1.165) is 9.87 Å². The summed E-state index contributed by atoms with van der Waals surface area (Å²) in [7, 11) is -4.15. The molecule has 2 fully saturated rings. The van der Waals surface area contributed by atoms with Gasteiger partial charge in [-0.15, -0.1) is 0 Å². The maximum Gasteiger partial charge on any atom is 0.362 e. The van der Waals surface area contributed by atoms with Gasteiger partial charge in [0.05, 0.1) is 24.7 Å². The highest BCUT2D eigenvalue weighted by atomic mass is 32.2. The molecule has 4 atom stereocenters. The van der Waals surface area contributed by atoms with Crippen LogP contribution in [-0.2, 0) is 48.1 Å². The highest BCUT2D eigenvalue weighted by Crippen LogP contribution is 2.50. The van der Waals surface area contributed by atoms with E-state index in [0.29, 0.717) is 5.57 Å². The molecule has 1 aromatic rings. The van der Waals surface area contributed by atoms with Crippen molar-refractivity contribution in [1.29, 1.82) is 0 Å². The maximum atomic E-state index is 13.8. The minimum Gasteiger partial charge on any atom is -0.465 e. The molecule has 2 saturated heterocycles. The molecule has 0 saturated carbocycles. The van der Waals surface area contributed by atoms with Gasteiger partial charge in [-0.2, -0.15) is 4.31 Å². The number of carbonyl (C=O) groups is 4. The Morgan fingerprint density at radius 2 is 1.54 bits per heavy atom. The molecule has 1 aromatic carbocycles. The van der Waals surface area contributed by atoms with E-state index in [9.17, 15) is 27.6 Å². The topological polar surface area (TPSA) is 143 Å². The number of fused-ring (bicyclic) bond motifs is 1. The number of rotatable bonds is 9. The Hall–Kier alpha value is -3.25. The van der Waals surface area contributed by atoms with Crippen LogP contribution >= 0.6 is 0 Å². The van der Waals surface area contributed by atoms with Gasteiger partial charge in [-0.25, -0.2) is 18.0 Å². The first-order valence-corrected chi connectivity index (χ1v) is 14.3. The van der Waals surface area contributed by atoms with Gasteiger partial charge in [0.1, 0.15) is 0 Å². The lowest BCUT2D eigenvalue weighted by Crippen LogP contribution is -2.71. The van der Waals surface area contributed by atoms with E-state index >= 15 is 0 Å². The largest absolute Gasteiger partial charge is 0.465 e. The maximum absolute atomic E-state index is 13.8. The van der Waals surface area contributed by atoms with Crippen LogP contribution in [-0.4, -0.2) is 75.1 Å². The Bertz CT molecular complexity index is 1220. The summed E-state index contributed by atoms with van der Waals surface area (Å²) in [5.41, 5.74) is -1.35. The van der Waals surface area contributed by atoms with Gasteiger partial charge in [-0.3, -0.25) is 9.59 Å². The van der Waals surface area contributed by atoms with Crippen molar-refractivity contribution in [3.63, 3.8) is 0 Å². The molecule has 2 aliphatic heterocycles. The van der Waals surface area contributed by atoms with Crippen LogP contribution in [0.5, 0.6) is 0 Å². The van der Waals surface area contributed by atoms with Crippen LogP contribution < -0.4 is 0 Å². The molecule has 2 heterocycles. The number of cyclic esters (lactones) is 1. The number of esters is 4. The first-order valence-electron chi connectivity index (χ1n) is 12.8. The zero-order valence-corrected chi connectivity index (χ0v) is 23.6. The minimum absolute atomic E-state index is 0.000341. The number of hydrogen-bond acceptors (Lipinski definition) is 10. The number of piperidine rings is 1. The Morgan fingerprint density at radius 1 is 1.00 bits per heavy atom.